The van der Waals surface area contributed by atoms with Crippen molar-refractivity contribution in [2.45, 2.75) is 42.5 Å². The van der Waals surface area contributed by atoms with Gasteiger partial charge in [-0.05, 0) is 71.6 Å². The lowest BCUT2D eigenvalue weighted by Gasteiger charge is -2.22. The Kier molecular flexibility index (Phi) is 10.5. The molecule has 244 valence electrons. The first kappa shape index (κ1) is 32.9. The monoisotopic (exact) mass is 681 g/mol. The molecule has 0 spiro atoms. The smallest absolute Gasteiger partial charge is 0.301 e. The molecule has 2 heterocycles. The van der Waals surface area contributed by atoms with Crippen molar-refractivity contribution in [2.75, 3.05) is 11.5 Å². The zero-order valence-electron chi connectivity index (χ0n) is 26.0. The Balaban J connectivity index is 1.31. The topological polar surface area (TPSA) is 102 Å². The van der Waals surface area contributed by atoms with Gasteiger partial charge in [-0.3, -0.25) is 14.5 Å². The number of Topliss-reactive ketones (excluding diaryl/α,β-unsaturated/α-hetero) is 1. The average molecular weight is 682 g/mol. The SMILES string of the molecule is CCCCOc1ccc(/C(O)=C2/C(=O)C(=O)N(c3nnc(SCc4ccc(F)cc4)s3)C2c2ccc(OCc3ccccc3)cc2)cc1. The molecule has 1 aliphatic heterocycles. The second-order valence-electron chi connectivity index (χ2n) is 11.0. The largest absolute Gasteiger partial charge is 0.507 e. The van der Waals surface area contributed by atoms with Gasteiger partial charge in [-0.2, -0.15) is 0 Å². The number of rotatable bonds is 13. The van der Waals surface area contributed by atoms with Gasteiger partial charge in [0, 0.05) is 11.3 Å². The van der Waals surface area contributed by atoms with Gasteiger partial charge < -0.3 is 14.6 Å². The van der Waals surface area contributed by atoms with E-state index in [1.807, 2.05) is 30.3 Å². The van der Waals surface area contributed by atoms with Gasteiger partial charge in [0.2, 0.25) is 5.13 Å². The van der Waals surface area contributed by atoms with Crippen LogP contribution in [-0.4, -0.2) is 33.6 Å². The van der Waals surface area contributed by atoms with Gasteiger partial charge >= 0.3 is 5.91 Å². The fourth-order valence-electron chi connectivity index (χ4n) is 5.12. The number of carbonyl (C=O) groups is 2. The number of unbranched alkanes of at least 4 members (excludes halogenated alkanes) is 1. The fourth-order valence-corrected chi connectivity index (χ4v) is 6.94. The molecule has 1 N–H and O–H groups in total. The van der Waals surface area contributed by atoms with Gasteiger partial charge in [0.1, 0.15) is 29.7 Å². The third-order valence-electron chi connectivity index (χ3n) is 7.66. The molecular weight excluding hydrogens is 650 g/mol. The molecule has 1 saturated heterocycles. The molecule has 0 aliphatic carbocycles. The Morgan fingerprint density at radius 1 is 0.875 bits per heavy atom. The molecule has 48 heavy (non-hydrogen) atoms. The highest BCUT2D eigenvalue weighted by Gasteiger charge is 2.48. The first-order valence-corrected chi connectivity index (χ1v) is 17.2. The zero-order chi connectivity index (χ0) is 33.5. The molecule has 1 amide bonds. The number of aromatic nitrogens is 2. The van der Waals surface area contributed by atoms with E-state index in [0.717, 1.165) is 35.3 Å². The maximum Gasteiger partial charge on any atom is 0.301 e. The first-order chi connectivity index (χ1) is 23.4. The molecule has 1 unspecified atom stereocenters. The fraction of sp³-hybridized carbons (Fsp3) is 0.189. The van der Waals surface area contributed by atoms with E-state index >= 15 is 0 Å². The number of ether oxygens (including phenoxy) is 2. The highest BCUT2D eigenvalue weighted by atomic mass is 32.2. The van der Waals surface area contributed by atoms with Crippen LogP contribution in [0.5, 0.6) is 11.5 Å². The molecule has 11 heteroatoms. The van der Waals surface area contributed by atoms with E-state index in [4.69, 9.17) is 9.47 Å². The van der Waals surface area contributed by atoms with Gasteiger partial charge in [0.05, 0.1) is 18.2 Å². The van der Waals surface area contributed by atoms with Gasteiger partial charge in [0.25, 0.3) is 5.78 Å². The van der Waals surface area contributed by atoms with E-state index in [-0.39, 0.29) is 22.3 Å². The summed E-state index contributed by atoms with van der Waals surface area (Å²) in [6.45, 7) is 3.03. The lowest BCUT2D eigenvalue weighted by Crippen LogP contribution is -2.29. The summed E-state index contributed by atoms with van der Waals surface area (Å²) in [6.07, 6.45) is 1.92. The van der Waals surface area contributed by atoms with Crippen LogP contribution in [0.15, 0.2) is 113 Å². The maximum absolute atomic E-state index is 13.7. The standard InChI is InChI=1S/C37H32FN3O5S2/c1-2-3-21-45-29-19-13-27(14-20-29)33(42)31-32(26-11-17-30(18-12-26)46-22-24-7-5-4-6-8-24)41(35(44)34(31)43)36-39-40-37(48-36)47-23-25-9-15-28(38)16-10-25/h4-20,32,42H,2-3,21-23H2,1H3/b33-31-. The number of halogens is 1. The van der Waals surface area contributed by atoms with Crippen molar-refractivity contribution in [3.63, 3.8) is 0 Å². The van der Waals surface area contributed by atoms with Crippen LogP contribution in [0.1, 0.15) is 48.1 Å². The van der Waals surface area contributed by atoms with E-state index in [1.165, 1.54) is 28.8 Å². The Hall–Kier alpha value is -5.00. The van der Waals surface area contributed by atoms with Gasteiger partial charge in [0.15, 0.2) is 4.34 Å². The number of hydrogen-bond donors (Lipinski definition) is 1. The van der Waals surface area contributed by atoms with Crippen LogP contribution in [0.25, 0.3) is 5.76 Å². The third-order valence-corrected chi connectivity index (χ3v) is 9.79. The number of amides is 1. The lowest BCUT2D eigenvalue weighted by atomic mass is 9.95. The summed E-state index contributed by atoms with van der Waals surface area (Å²) >= 11 is 2.55. The molecule has 1 atom stereocenters. The number of anilines is 1. The normalized spacial score (nSPS) is 15.5. The molecule has 5 aromatic rings. The van der Waals surface area contributed by atoms with E-state index in [2.05, 4.69) is 17.1 Å². The Morgan fingerprint density at radius 2 is 1.56 bits per heavy atom. The number of nitrogens with zero attached hydrogens (tertiary/aromatic N) is 3. The summed E-state index contributed by atoms with van der Waals surface area (Å²) in [4.78, 5) is 28.6. The van der Waals surface area contributed by atoms with Crippen LogP contribution < -0.4 is 14.4 Å². The van der Waals surface area contributed by atoms with Crippen LogP contribution >= 0.6 is 23.1 Å². The number of aliphatic hydroxyl groups excluding tert-OH is 1. The van der Waals surface area contributed by atoms with Crippen molar-refractivity contribution in [3.8, 4) is 11.5 Å². The molecule has 1 fully saturated rings. The summed E-state index contributed by atoms with van der Waals surface area (Å²) in [5.41, 5.74) is 2.80. The highest BCUT2D eigenvalue weighted by molar-refractivity contribution is 8.00. The molecule has 1 aromatic heterocycles. The molecule has 6 rings (SSSR count). The number of carbonyl (C=O) groups excluding carboxylic acids is 2. The molecule has 0 saturated carbocycles. The highest BCUT2D eigenvalue weighted by Crippen LogP contribution is 2.44. The number of hydrogen-bond acceptors (Lipinski definition) is 9. The summed E-state index contributed by atoms with van der Waals surface area (Å²) in [5, 5.41) is 20.3. The zero-order valence-corrected chi connectivity index (χ0v) is 27.7. The predicted molar refractivity (Wildman–Crippen MR) is 185 cm³/mol. The number of benzene rings is 4. The number of aliphatic hydroxyl groups is 1. The molecule has 1 aliphatic rings. The summed E-state index contributed by atoms with van der Waals surface area (Å²) in [7, 11) is 0. The van der Waals surface area contributed by atoms with Crippen molar-refractivity contribution in [1.29, 1.82) is 0 Å². The summed E-state index contributed by atoms with van der Waals surface area (Å²) < 4.78 is 25.6. The Morgan fingerprint density at radius 3 is 2.27 bits per heavy atom. The Bertz CT molecular complexity index is 1900. The van der Waals surface area contributed by atoms with Crippen molar-refractivity contribution in [1.82, 2.24) is 10.2 Å². The first-order valence-electron chi connectivity index (χ1n) is 15.4. The van der Waals surface area contributed by atoms with Crippen LogP contribution in [0.3, 0.4) is 0 Å². The minimum Gasteiger partial charge on any atom is -0.507 e. The minimum absolute atomic E-state index is 0.0617. The summed E-state index contributed by atoms with van der Waals surface area (Å²) in [5.74, 6) is -0.515. The van der Waals surface area contributed by atoms with Crippen LogP contribution in [-0.2, 0) is 21.9 Å². The van der Waals surface area contributed by atoms with Gasteiger partial charge in [-0.25, -0.2) is 4.39 Å². The molecule has 0 bridgehead atoms. The summed E-state index contributed by atoms with van der Waals surface area (Å²) in [6, 6.07) is 28.8. The van der Waals surface area contributed by atoms with Crippen molar-refractivity contribution in [2.24, 2.45) is 0 Å². The second-order valence-corrected chi connectivity index (χ2v) is 13.2. The van der Waals surface area contributed by atoms with Crippen molar-refractivity contribution >= 4 is 45.7 Å². The van der Waals surface area contributed by atoms with Crippen LogP contribution in [0.2, 0.25) is 0 Å². The number of thioether (sulfide) groups is 1. The third kappa shape index (κ3) is 7.58. The second kappa shape index (κ2) is 15.3. The number of ketones is 1. The van der Waals surface area contributed by atoms with E-state index in [1.54, 1.807) is 60.7 Å². The lowest BCUT2D eigenvalue weighted by molar-refractivity contribution is -0.132. The van der Waals surface area contributed by atoms with Crippen molar-refractivity contribution < 1.29 is 28.6 Å². The van der Waals surface area contributed by atoms with Crippen molar-refractivity contribution in [3.05, 3.63) is 137 Å². The quantitative estimate of drug-likeness (QED) is 0.0331. The predicted octanol–water partition coefficient (Wildman–Crippen LogP) is 8.35. The van der Waals surface area contributed by atoms with Crippen LogP contribution in [0, 0.1) is 5.82 Å². The maximum atomic E-state index is 13.7. The van der Waals surface area contributed by atoms with Crippen LogP contribution in [0.4, 0.5) is 9.52 Å². The van der Waals surface area contributed by atoms with Gasteiger partial charge in [-0.15, -0.1) is 10.2 Å². The molecule has 4 aromatic carbocycles. The molecule has 8 nitrogen and oxygen atoms in total. The van der Waals surface area contributed by atoms with E-state index < -0.39 is 17.7 Å². The molecule has 0 radical (unpaired) electrons. The van der Waals surface area contributed by atoms with E-state index in [9.17, 15) is 19.1 Å². The molecular formula is C37H32FN3O5S2. The van der Waals surface area contributed by atoms with E-state index in [0.29, 0.717) is 45.9 Å². The van der Waals surface area contributed by atoms with Gasteiger partial charge in [-0.1, -0.05) is 91.0 Å². The Labute approximate surface area is 285 Å². The average Bonchev–Trinajstić information content (AvgIpc) is 3.69. The minimum atomic E-state index is -0.975.